The number of benzene rings is 2. The molecule has 0 saturated heterocycles. The van der Waals surface area contributed by atoms with Crippen LogP contribution < -0.4 is 19.8 Å². The fourth-order valence-electron chi connectivity index (χ4n) is 2.77. The van der Waals surface area contributed by atoms with Crippen molar-refractivity contribution in [1.82, 2.24) is 14.9 Å². The number of hydrogen-bond donors (Lipinski definition) is 1. The second-order valence-corrected chi connectivity index (χ2v) is 6.71. The number of aromatic nitrogens is 2. The molecule has 2 aromatic carbocycles. The van der Waals surface area contributed by atoms with Gasteiger partial charge in [-0.05, 0) is 37.4 Å². The van der Waals surface area contributed by atoms with E-state index >= 15 is 0 Å². The molecular formula is C20H22ClN3O4. The van der Waals surface area contributed by atoms with Gasteiger partial charge in [0.15, 0.2) is 11.5 Å². The lowest BCUT2D eigenvalue weighted by atomic mass is 10.2. The molecule has 0 aliphatic carbocycles. The second kappa shape index (κ2) is 8.95. The van der Waals surface area contributed by atoms with Crippen molar-refractivity contribution >= 4 is 22.5 Å². The highest BCUT2D eigenvalue weighted by atomic mass is 35.5. The number of ether oxygens (including phenoxy) is 3. The molecule has 148 valence electrons. The molecular weight excluding hydrogens is 382 g/mol. The van der Waals surface area contributed by atoms with E-state index in [1.165, 1.54) is 7.11 Å². The Morgan fingerprint density at radius 1 is 1.11 bits per heavy atom. The molecule has 0 amide bonds. The van der Waals surface area contributed by atoms with E-state index in [2.05, 4.69) is 9.97 Å². The van der Waals surface area contributed by atoms with Gasteiger partial charge in [0, 0.05) is 17.6 Å². The highest BCUT2D eigenvalue weighted by Gasteiger charge is 2.12. The number of H-pyrrole nitrogens is 1. The molecule has 0 atom stereocenters. The van der Waals surface area contributed by atoms with Crippen molar-refractivity contribution < 1.29 is 14.2 Å². The number of nitrogens with zero attached hydrogens (tertiary/aromatic N) is 2. The molecule has 1 N–H and O–H groups in total. The summed E-state index contributed by atoms with van der Waals surface area (Å²) in [6, 6.07) is 10.6. The van der Waals surface area contributed by atoms with Crippen molar-refractivity contribution in [3.8, 4) is 17.2 Å². The number of likely N-dealkylation sites (N-methyl/N-ethyl adjacent to an activating group) is 1. The van der Waals surface area contributed by atoms with Gasteiger partial charge >= 0.3 is 0 Å². The molecule has 0 bridgehead atoms. The van der Waals surface area contributed by atoms with E-state index in [-0.39, 0.29) is 5.56 Å². The van der Waals surface area contributed by atoms with Gasteiger partial charge in [0.2, 0.25) is 0 Å². The first kappa shape index (κ1) is 20.0. The van der Waals surface area contributed by atoms with Crippen LogP contribution in [0, 0.1) is 0 Å². The Bertz CT molecular complexity index is 1000. The van der Waals surface area contributed by atoms with E-state index < -0.39 is 0 Å². The monoisotopic (exact) mass is 403 g/mol. The van der Waals surface area contributed by atoms with Gasteiger partial charge in [-0.1, -0.05) is 11.6 Å². The highest BCUT2D eigenvalue weighted by Crippen LogP contribution is 2.29. The minimum Gasteiger partial charge on any atom is -0.493 e. The summed E-state index contributed by atoms with van der Waals surface area (Å²) in [7, 11) is 5.01. The zero-order valence-electron chi connectivity index (χ0n) is 16.0. The molecule has 3 aromatic rings. The topological polar surface area (TPSA) is 76.7 Å². The quantitative estimate of drug-likeness (QED) is 0.622. The molecule has 28 heavy (non-hydrogen) atoms. The van der Waals surface area contributed by atoms with Crippen LogP contribution in [0.5, 0.6) is 17.2 Å². The molecule has 8 heteroatoms. The van der Waals surface area contributed by atoms with E-state index in [1.54, 1.807) is 31.4 Å². The Morgan fingerprint density at radius 2 is 1.79 bits per heavy atom. The van der Waals surface area contributed by atoms with Crippen LogP contribution >= 0.6 is 11.6 Å². The summed E-state index contributed by atoms with van der Waals surface area (Å²) < 4.78 is 16.2. The maximum absolute atomic E-state index is 12.4. The summed E-state index contributed by atoms with van der Waals surface area (Å²) in [5.41, 5.74) is 0.342. The van der Waals surface area contributed by atoms with Gasteiger partial charge in [0.25, 0.3) is 5.56 Å². The van der Waals surface area contributed by atoms with E-state index in [9.17, 15) is 4.79 Å². The summed E-state index contributed by atoms with van der Waals surface area (Å²) in [6.45, 7) is 1.64. The summed E-state index contributed by atoms with van der Waals surface area (Å²) in [4.78, 5) is 21.8. The number of halogens is 1. The third-order valence-corrected chi connectivity index (χ3v) is 4.49. The van der Waals surface area contributed by atoms with Crippen LogP contribution in [-0.4, -0.2) is 49.3 Å². The van der Waals surface area contributed by atoms with Crippen molar-refractivity contribution in [2.75, 3.05) is 34.4 Å². The average Bonchev–Trinajstić information content (AvgIpc) is 2.68. The Kier molecular flexibility index (Phi) is 6.38. The Hall–Kier alpha value is -2.77. The van der Waals surface area contributed by atoms with E-state index in [1.807, 2.05) is 24.1 Å². The van der Waals surface area contributed by atoms with Crippen molar-refractivity contribution in [2.45, 2.75) is 6.54 Å². The number of nitrogens with one attached hydrogen (secondary N) is 1. The zero-order valence-corrected chi connectivity index (χ0v) is 16.7. The van der Waals surface area contributed by atoms with Gasteiger partial charge in [-0.25, -0.2) is 4.98 Å². The Balaban J connectivity index is 1.67. The van der Waals surface area contributed by atoms with Crippen LogP contribution in [0.1, 0.15) is 5.82 Å². The number of hydrogen-bond acceptors (Lipinski definition) is 6. The predicted molar refractivity (Wildman–Crippen MR) is 109 cm³/mol. The first-order valence-electron chi connectivity index (χ1n) is 8.72. The molecule has 3 rings (SSSR count). The van der Waals surface area contributed by atoms with Crippen LogP contribution in [-0.2, 0) is 6.54 Å². The minimum absolute atomic E-state index is 0.216. The third-order valence-electron chi connectivity index (χ3n) is 4.23. The molecule has 0 saturated carbocycles. The van der Waals surface area contributed by atoms with E-state index in [4.69, 9.17) is 25.8 Å². The summed E-state index contributed by atoms with van der Waals surface area (Å²) in [5, 5.41) is 1.13. The lowest BCUT2D eigenvalue weighted by Crippen LogP contribution is -2.26. The van der Waals surface area contributed by atoms with Gasteiger partial charge in [-0.15, -0.1) is 0 Å². The summed E-state index contributed by atoms with van der Waals surface area (Å²) in [6.07, 6.45) is 0. The van der Waals surface area contributed by atoms with Crippen molar-refractivity contribution in [1.29, 1.82) is 0 Å². The van der Waals surface area contributed by atoms with Crippen molar-refractivity contribution in [2.24, 2.45) is 0 Å². The largest absolute Gasteiger partial charge is 0.493 e. The molecule has 0 radical (unpaired) electrons. The van der Waals surface area contributed by atoms with E-state index in [0.717, 1.165) is 5.75 Å². The van der Waals surface area contributed by atoms with Gasteiger partial charge in [-0.2, -0.15) is 0 Å². The van der Waals surface area contributed by atoms with E-state index in [0.29, 0.717) is 52.9 Å². The zero-order chi connectivity index (χ0) is 20.1. The molecule has 0 aliphatic rings. The number of fused-ring (bicyclic) bond motifs is 1. The molecule has 7 nitrogen and oxygen atoms in total. The molecule has 1 aromatic heterocycles. The second-order valence-electron chi connectivity index (χ2n) is 6.28. The van der Waals surface area contributed by atoms with Gasteiger partial charge in [-0.3, -0.25) is 9.69 Å². The summed E-state index contributed by atoms with van der Waals surface area (Å²) in [5.74, 6) is 2.35. The van der Waals surface area contributed by atoms with Crippen LogP contribution in [0.25, 0.3) is 10.9 Å². The molecule has 0 aliphatic heterocycles. The van der Waals surface area contributed by atoms with Crippen molar-refractivity contribution in [3.63, 3.8) is 0 Å². The normalized spacial score (nSPS) is 11.0. The van der Waals surface area contributed by atoms with Gasteiger partial charge in [0.1, 0.15) is 18.2 Å². The first-order valence-corrected chi connectivity index (χ1v) is 9.10. The highest BCUT2D eigenvalue weighted by molar-refractivity contribution is 6.30. The Morgan fingerprint density at radius 3 is 2.46 bits per heavy atom. The number of rotatable bonds is 8. The van der Waals surface area contributed by atoms with Gasteiger partial charge < -0.3 is 19.2 Å². The lowest BCUT2D eigenvalue weighted by Gasteiger charge is -2.17. The minimum atomic E-state index is -0.216. The van der Waals surface area contributed by atoms with Crippen LogP contribution in [0.3, 0.4) is 0 Å². The standard InChI is InChI=1S/C20H22ClN3O4/c1-24(8-9-28-14-6-4-13(21)5-7-14)12-19-22-16-11-18(27-3)17(26-2)10-15(16)20(25)23-19/h4-7,10-11H,8-9,12H2,1-3H3,(H,22,23,25). The fraction of sp³-hybridized carbons (Fsp3) is 0.300. The maximum atomic E-state index is 12.4. The molecule has 1 heterocycles. The number of methoxy groups -OCH3 is 2. The average molecular weight is 404 g/mol. The molecule has 0 spiro atoms. The summed E-state index contributed by atoms with van der Waals surface area (Å²) >= 11 is 5.86. The van der Waals surface area contributed by atoms with Crippen LogP contribution in [0.4, 0.5) is 0 Å². The fourth-order valence-corrected chi connectivity index (χ4v) is 2.90. The first-order chi connectivity index (χ1) is 13.5. The Labute approximate surface area is 167 Å². The predicted octanol–water partition coefficient (Wildman–Crippen LogP) is 3.10. The molecule has 0 fully saturated rings. The lowest BCUT2D eigenvalue weighted by molar-refractivity contribution is 0.230. The maximum Gasteiger partial charge on any atom is 0.258 e. The van der Waals surface area contributed by atoms with Crippen molar-refractivity contribution in [3.05, 3.63) is 57.6 Å². The van der Waals surface area contributed by atoms with Crippen LogP contribution in [0.2, 0.25) is 5.02 Å². The van der Waals surface area contributed by atoms with Gasteiger partial charge in [0.05, 0.1) is 31.7 Å². The number of aromatic amines is 1. The third kappa shape index (κ3) is 4.74. The molecule has 0 unspecified atom stereocenters. The SMILES string of the molecule is COc1cc2nc(CN(C)CCOc3ccc(Cl)cc3)[nH]c(=O)c2cc1OC. The van der Waals surface area contributed by atoms with Crippen LogP contribution in [0.15, 0.2) is 41.2 Å². The smallest absolute Gasteiger partial charge is 0.258 e.